The molecular weight excluding hydrogens is 242 g/mol. The summed E-state index contributed by atoms with van der Waals surface area (Å²) in [5.41, 5.74) is 2.58. The molecule has 1 nitrogen and oxygen atoms in total. The van der Waals surface area contributed by atoms with Gasteiger partial charge in [0.1, 0.15) is 0 Å². The lowest BCUT2D eigenvalue weighted by molar-refractivity contribution is 0.791. The highest BCUT2D eigenvalue weighted by Crippen LogP contribution is 2.24. The van der Waals surface area contributed by atoms with Gasteiger partial charge >= 0.3 is 0 Å². The summed E-state index contributed by atoms with van der Waals surface area (Å²) in [5, 5.41) is 6.20. The standard InChI is InChI=1S/C19H19N/c1-15(14-16-8-3-2-4-9-16)20-19-13-7-11-17-10-5-6-12-18(17)19/h2-13,15,20H,14H2,1H3. The van der Waals surface area contributed by atoms with Crippen LogP contribution >= 0.6 is 0 Å². The van der Waals surface area contributed by atoms with E-state index in [0.717, 1.165) is 6.42 Å². The summed E-state index contributed by atoms with van der Waals surface area (Å²) < 4.78 is 0. The molecule has 0 aliphatic carbocycles. The first-order chi connectivity index (χ1) is 9.83. The van der Waals surface area contributed by atoms with Gasteiger partial charge in [0.15, 0.2) is 0 Å². The van der Waals surface area contributed by atoms with Gasteiger partial charge in [0.25, 0.3) is 0 Å². The molecule has 0 aliphatic heterocycles. The summed E-state index contributed by atoms with van der Waals surface area (Å²) in [6, 6.07) is 26.0. The second kappa shape index (κ2) is 5.79. The molecule has 0 amide bonds. The van der Waals surface area contributed by atoms with Gasteiger partial charge in [0.05, 0.1) is 0 Å². The molecule has 0 saturated heterocycles. The molecular formula is C19H19N. The first kappa shape index (κ1) is 12.7. The Morgan fingerprint density at radius 2 is 1.50 bits per heavy atom. The highest BCUT2D eigenvalue weighted by Gasteiger charge is 2.05. The van der Waals surface area contributed by atoms with Gasteiger partial charge in [-0.3, -0.25) is 0 Å². The van der Waals surface area contributed by atoms with Crippen LogP contribution in [0.1, 0.15) is 12.5 Å². The van der Waals surface area contributed by atoms with E-state index in [4.69, 9.17) is 0 Å². The molecule has 0 fully saturated rings. The van der Waals surface area contributed by atoms with Gasteiger partial charge < -0.3 is 5.32 Å². The molecule has 0 spiro atoms. The minimum atomic E-state index is 0.406. The third-order valence-electron chi connectivity index (χ3n) is 3.58. The topological polar surface area (TPSA) is 12.0 Å². The fourth-order valence-electron chi connectivity index (χ4n) is 2.64. The van der Waals surface area contributed by atoms with E-state index in [0.29, 0.717) is 6.04 Å². The molecule has 100 valence electrons. The fraction of sp³-hybridized carbons (Fsp3) is 0.158. The number of hydrogen-bond acceptors (Lipinski definition) is 1. The van der Waals surface area contributed by atoms with Gasteiger partial charge in [-0.05, 0) is 30.4 Å². The average molecular weight is 261 g/mol. The molecule has 1 atom stereocenters. The zero-order chi connectivity index (χ0) is 13.8. The Balaban J connectivity index is 1.79. The summed E-state index contributed by atoms with van der Waals surface area (Å²) in [5.74, 6) is 0. The molecule has 3 aromatic carbocycles. The summed E-state index contributed by atoms with van der Waals surface area (Å²) in [6.07, 6.45) is 1.03. The number of nitrogens with one attached hydrogen (secondary N) is 1. The van der Waals surface area contributed by atoms with Crippen LogP contribution in [0.2, 0.25) is 0 Å². The Morgan fingerprint density at radius 3 is 2.35 bits per heavy atom. The molecule has 1 unspecified atom stereocenters. The van der Waals surface area contributed by atoms with Crippen LogP contribution in [0.25, 0.3) is 10.8 Å². The summed E-state index contributed by atoms with van der Waals surface area (Å²) in [7, 11) is 0. The molecule has 20 heavy (non-hydrogen) atoms. The van der Waals surface area contributed by atoms with Crippen molar-refractivity contribution in [2.45, 2.75) is 19.4 Å². The van der Waals surface area contributed by atoms with E-state index < -0.39 is 0 Å². The fourth-order valence-corrected chi connectivity index (χ4v) is 2.64. The monoisotopic (exact) mass is 261 g/mol. The quantitative estimate of drug-likeness (QED) is 0.705. The normalized spacial score (nSPS) is 12.2. The SMILES string of the molecule is CC(Cc1ccccc1)Nc1cccc2ccccc12. The largest absolute Gasteiger partial charge is 0.382 e. The Hall–Kier alpha value is -2.28. The van der Waals surface area contributed by atoms with Gasteiger partial charge in [-0.15, -0.1) is 0 Å². The number of hydrogen-bond donors (Lipinski definition) is 1. The van der Waals surface area contributed by atoms with Crippen LogP contribution in [0.3, 0.4) is 0 Å². The molecule has 0 aromatic heterocycles. The van der Waals surface area contributed by atoms with Crippen LogP contribution in [0.5, 0.6) is 0 Å². The average Bonchev–Trinajstić information content (AvgIpc) is 2.48. The number of benzene rings is 3. The van der Waals surface area contributed by atoms with Gasteiger partial charge in [-0.2, -0.15) is 0 Å². The summed E-state index contributed by atoms with van der Waals surface area (Å²) in [4.78, 5) is 0. The van der Waals surface area contributed by atoms with Crippen LogP contribution in [0.15, 0.2) is 72.8 Å². The zero-order valence-corrected chi connectivity index (χ0v) is 11.7. The Labute approximate surface area is 120 Å². The maximum atomic E-state index is 3.63. The lowest BCUT2D eigenvalue weighted by Crippen LogP contribution is -2.18. The van der Waals surface area contributed by atoms with Crippen LogP contribution in [0.4, 0.5) is 5.69 Å². The van der Waals surface area contributed by atoms with E-state index >= 15 is 0 Å². The van der Waals surface area contributed by atoms with E-state index in [9.17, 15) is 0 Å². The smallest absolute Gasteiger partial charge is 0.0422 e. The predicted octanol–water partition coefficient (Wildman–Crippen LogP) is 4.88. The summed E-state index contributed by atoms with van der Waals surface area (Å²) >= 11 is 0. The van der Waals surface area contributed by atoms with Gasteiger partial charge in [0, 0.05) is 17.1 Å². The van der Waals surface area contributed by atoms with Crippen molar-refractivity contribution in [1.82, 2.24) is 0 Å². The van der Waals surface area contributed by atoms with E-state index in [1.165, 1.54) is 22.0 Å². The lowest BCUT2D eigenvalue weighted by Gasteiger charge is -2.17. The molecule has 0 radical (unpaired) electrons. The van der Waals surface area contributed by atoms with Crippen molar-refractivity contribution in [2.75, 3.05) is 5.32 Å². The van der Waals surface area contributed by atoms with Crippen molar-refractivity contribution in [2.24, 2.45) is 0 Å². The Bertz CT molecular complexity index is 683. The third kappa shape index (κ3) is 2.83. The summed E-state index contributed by atoms with van der Waals surface area (Å²) in [6.45, 7) is 2.23. The van der Waals surface area contributed by atoms with Crippen molar-refractivity contribution in [1.29, 1.82) is 0 Å². The van der Waals surface area contributed by atoms with E-state index in [-0.39, 0.29) is 0 Å². The van der Waals surface area contributed by atoms with E-state index in [1.54, 1.807) is 0 Å². The van der Waals surface area contributed by atoms with Crippen LogP contribution in [-0.2, 0) is 6.42 Å². The molecule has 0 heterocycles. The lowest BCUT2D eigenvalue weighted by atomic mass is 10.1. The van der Waals surface area contributed by atoms with Gasteiger partial charge in [0.2, 0.25) is 0 Å². The van der Waals surface area contributed by atoms with E-state index in [2.05, 4.69) is 85.0 Å². The second-order valence-electron chi connectivity index (χ2n) is 5.26. The zero-order valence-electron chi connectivity index (χ0n) is 11.7. The first-order valence-corrected chi connectivity index (χ1v) is 7.11. The van der Waals surface area contributed by atoms with E-state index in [1.807, 2.05) is 0 Å². The molecule has 3 rings (SSSR count). The number of rotatable bonds is 4. The predicted molar refractivity (Wildman–Crippen MR) is 87.2 cm³/mol. The van der Waals surface area contributed by atoms with Crippen molar-refractivity contribution >= 4 is 16.5 Å². The van der Waals surface area contributed by atoms with Crippen LogP contribution in [0, 0.1) is 0 Å². The molecule has 3 aromatic rings. The van der Waals surface area contributed by atoms with Gasteiger partial charge in [-0.25, -0.2) is 0 Å². The van der Waals surface area contributed by atoms with Crippen molar-refractivity contribution in [3.05, 3.63) is 78.4 Å². The van der Waals surface area contributed by atoms with Gasteiger partial charge in [-0.1, -0.05) is 66.7 Å². The maximum Gasteiger partial charge on any atom is 0.0422 e. The number of anilines is 1. The molecule has 0 aliphatic rings. The highest BCUT2D eigenvalue weighted by molar-refractivity contribution is 5.93. The first-order valence-electron chi connectivity index (χ1n) is 7.11. The minimum Gasteiger partial charge on any atom is -0.382 e. The second-order valence-corrected chi connectivity index (χ2v) is 5.26. The molecule has 0 saturated carbocycles. The maximum absolute atomic E-state index is 3.63. The number of fused-ring (bicyclic) bond motifs is 1. The molecule has 0 bridgehead atoms. The minimum absolute atomic E-state index is 0.406. The Kier molecular flexibility index (Phi) is 3.69. The molecule has 1 heteroatoms. The Morgan fingerprint density at radius 1 is 0.800 bits per heavy atom. The van der Waals surface area contributed by atoms with Crippen LogP contribution in [-0.4, -0.2) is 6.04 Å². The molecule has 1 N–H and O–H groups in total. The van der Waals surface area contributed by atoms with Crippen LogP contribution < -0.4 is 5.32 Å². The van der Waals surface area contributed by atoms with Crippen molar-refractivity contribution < 1.29 is 0 Å². The van der Waals surface area contributed by atoms with Crippen molar-refractivity contribution in [3.8, 4) is 0 Å². The highest BCUT2D eigenvalue weighted by atomic mass is 14.9. The van der Waals surface area contributed by atoms with Crippen molar-refractivity contribution in [3.63, 3.8) is 0 Å². The third-order valence-corrected chi connectivity index (χ3v) is 3.58.